The van der Waals surface area contributed by atoms with E-state index in [1.54, 1.807) is 30.4 Å². The van der Waals surface area contributed by atoms with E-state index in [1.807, 2.05) is 59.7 Å². The Morgan fingerprint density at radius 1 is 0.714 bits per heavy atom. The molecule has 2 rings (SSSR count). The van der Waals surface area contributed by atoms with Crippen molar-refractivity contribution in [1.29, 1.82) is 0 Å². The van der Waals surface area contributed by atoms with Crippen molar-refractivity contribution in [2.24, 2.45) is 0 Å². The third-order valence-electron chi connectivity index (χ3n) is 3.67. The van der Waals surface area contributed by atoms with Crippen LogP contribution in [0.1, 0.15) is 61.1 Å². The molecule has 0 saturated heterocycles. The summed E-state index contributed by atoms with van der Waals surface area (Å²) in [5, 5.41) is 10.1. The molecular formula is C26H35ClO. The number of halogens is 1. The average molecular weight is 399 g/mol. The Kier molecular flexibility index (Phi) is 15.4. The fraction of sp³-hybridized carbons (Fsp3) is 0.231. The topological polar surface area (TPSA) is 20.2 Å². The number of phenols is 1. The number of phenolic OH excluding ortho intramolecular Hbond substituents is 1. The molecule has 2 heteroatoms. The molecule has 0 bridgehead atoms. The minimum atomic E-state index is 0.301. The summed E-state index contributed by atoms with van der Waals surface area (Å²) < 4.78 is 0. The van der Waals surface area contributed by atoms with Crippen LogP contribution in [0.15, 0.2) is 50.6 Å². The molecule has 0 heterocycles. The molecule has 0 spiro atoms. The zero-order valence-electron chi connectivity index (χ0n) is 18.3. The smallest absolute Gasteiger partial charge is 0.119 e. The van der Waals surface area contributed by atoms with Crippen molar-refractivity contribution < 1.29 is 5.11 Å². The van der Waals surface area contributed by atoms with Crippen LogP contribution >= 0.6 is 11.6 Å². The molecule has 0 unspecified atom stereocenters. The van der Waals surface area contributed by atoms with Gasteiger partial charge in [0.2, 0.25) is 0 Å². The highest BCUT2D eigenvalue weighted by atomic mass is 35.5. The average Bonchev–Trinajstić information content (AvgIpc) is 2.74. The highest BCUT2D eigenvalue weighted by molar-refractivity contribution is 6.33. The van der Waals surface area contributed by atoms with Crippen molar-refractivity contribution in [1.82, 2.24) is 0 Å². The van der Waals surface area contributed by atoms with Crippen LogP contribution in [-0.4, -0.2) is 5.11 Å². The van der Waals surface area contributed by atoms with Crippen LogP contribution in [0.5, 0.6) is 5.75 Å². The van der Waals surface area contributed by atoms with E-state index in [0.717, 1.165) is 38.4 Å². The van der Waals surface area contributed by atoms with Crippen LogP contribution < -0.4 is 0 Å². The molecular weight excluding hydrogens is 364 g/mol. The van der Waals surface area contributed by atoms with Gasteiger partial charge in [0.15, 0.2) is 0 Å². The molecule has 1 N–H and O–H groups in total. The highest BCUT2D eigenvalue weighted by Gasteiger charge is 2.03. The Balaban J connectivity index is 0. The Hall–Kier alpha value is -2.51. The summed E-state index contributed by atoms with van der Waals surface area (Å²) in [6.07, 6.45) is 6.99. The molecule has 0 fully saturated rings. The Labute approximate surface area is 177 Å². The van der Waals surface area contributed by atoms with Gasteiger partial charge in [-0.25, -0.2) is 0 Å². The van der Waals surface area contributed by atoms with Gasteiger partial charge in [0.25, 0.3) is 0 Å². The van der Waals surface area contributed by atoms with Crippen molar-refractivity contribution in [3.05, 3.63) is 89.0 Å². The first-order valence-electron chi connectivity index (χ1n) is 9.52. The van der Waals surface area contributed by atoms with Gasteiger partial charge in [-0.2, -0.15) is 0 Å². The van der Waals surface area contributed by atoms with Crippen LogP contribution in [0.3, 0.4) is 0 Å². The highest BCUT2D eigenvalue weighted by Crippen LogP contribution is 2.25. The molecule has 0 radical (unpaired) electrons. The summed E-state index contributed by atoms with van der Waals surface area (Å²) >= 11 is 6.06. The van der Waals surface area contributed by atoms with E-state index in [4.69, 9.17) is 11.6 Å². The second kappa shape index (κ2) is 15.5. The number of rotatable bonds is 4. The van der Waals surface area contributed by atoms with Crippen molar-refractivity contribution >= 4 is 35.9 Å². The molecule has 2 aromatic carbocycles. The number of hydrogen-bond acceptors (Lipinski definition) is 1. The first kappa shape index (κ1) is 27.7. The molecule has 0 aliphatic carbocycles. The number of benzene rings is 2. The van der Waals surface area contributed by atoms with Gasteiger partial charge >= 0.3 is 0 Å². The largest absolute Gasteiger partial charge is 0.508 e. The van der Waals surface area contributed by atoms with Gasteiger partial charge in [-0.15, -0.1) is 0 Å². The molecule has 0 amide bonds. The van der Waals surface area contributed by atoms with Gasteiger partial charge in [0.1, 0.15) is 5.75 Å². The van der Waals surface area contributed by atoms with Crippen molar-refractivity contribution in [3.63, 3.8) is 0 Å². The standard InChI is InChI=1S/C11H11Cl.C11H12O.2C2H6/c1-4-9-7-6-8(3)11(12)10(9)5-2;1-4-9-6-8(3)11(12)7-10(9)5-2;2*1-2/h4-7H,1-2H2,3H3;4-7,12H,1-2H2,3H3;2*1-2H3. The Bertz CT molecular complexity index is 744. The lowest BCUT2D eigenvalue weighted by atomic mass is 10.0. The zero-order chi connectivity index (χ0) is 22.3. The van der Waals surface area contributed by atoms with Crippen LogP contribution in [0.2, 0.25) is 5.02 Å². The molecule has 152 valence electrons. The summed E-state index contributed by atoms with van der Waals surface area (Å²) in [4.78, 5) is 0. The van der Waals surface area contributed by atoms with E-state index in [2.05, 4.69) is 26.3 Å². The zero-order valence-corrected chi connectivity index (χ0v) is 19.0. The van der Waals surface area contributed by atoms with Gasteiger partial charge < -0.3 is 5.11 Å². The maximum atomic E-state index is 9.37. The lowest BCUT2D eigenvalue weighted by Crippen LogP contribution is -1.85. The second-order valence-corrected chi connectivity index (χ2v) is 5.66. The third kappa shape index (κ3) is 8.02. The maximum absolute atomic E-state index is 9.37. The Morgan fingerprint density at radius 3 is 1.61 bits per heavy atom. The number of aryl methyl sites for hydroxylation is 2. The number of hydrogen-bond donors (Lipinski definition) is 1. The van der Waals surface area contributed by atoms with Gasteiger partial charge in [0, 0.05) is 0 Å². The summed E-state index contributed by atoms with van der Waals surface area (Å²) in [5.41, 5.74) is 5.83. The molecule has 0 aliphatic rings. The van der Waals surface area contributed by atoms with E-state index in [0.29, 0.717) is 5.75 Å². The SMILES string of the molecule is C=Cc1cc(C)c(O)cc1C=C.C=Cc1ccc(C)c(Cl)c1C=C.CC.CC. The number of aromatic hydroxyl groups is 1. The van der Waals surface area contributed by atoms with Gasteiger partial charge in [-0.3, -0.25) is 0 Å². The van der Waals surface area contributed by atoms with E-state index in [-0.39, 0.29) is 0 Å². The Morgan fingerprint density at radius 2 is 1.18 bits per heavy atom. The lowest BCUT2D eigenvalue weighted by Gasteiger charge is -2.05. The van der Waals surface area contributed by atoms with Crippen molar-refractivity contribution in [3.8, 4) is 5.75 Å². The third-order valence-corrected chi connectivity index (χ3v) is 4.17. The molecule has 0 saturated carbocycles. The summed E-state index contributed by atoms with van der Waals surface area (Å²) in [6.45, 7) is 26.6. The quantitative estimate of drug-likeness (QED) is 0.544. The first-order chi connectivity index (χ1) is 13.4. The van der Waals surface area contributed by atoms with Gasteiger partial charge in [-0.1, -0.05) is 102 Å². The molecule has 0 atom stereocenters. The molecule has 0 aromatic heterocycles. The predicted molar refractivity (Wildman–Crippen MR) is 132 cm³/mol. The van der Waals surface area contributed by atoms with Crippen molar-refractivity contribution in [2.45, 2.75) is 41.5 Å². The normalized spacial score (nSPS) is 8.54. The van der Waals surface area contributed by atoms with Crippen LogP contribution in [0, 0.1) is 13.8 Å². The van der Waals surface area contributed by atoms with E-state index in [1.165, 1.54) is 0 Å². The van der Waals surface area contributed by atoms with Crippen LogP contribution in [-0.2, 0) is 0 Å². The molecule has 2 aromatic rings. The minimum absolute atomic E-state index is 0.301. The second-order valence-electron chi connectivity index (χ2n) is 5.28. The molecule has 1 nitrogen and oxygen atoms in total. The monoisotopic (exact) mass is 398 g/mol. The summed E-state index contributed by atoms with van der Waals surface area (Å²) in [5.74, 6) is 0.301. The van der Waals surface area contributed by atoms with E-state index in [9.17, 15) is 5.11 Å². The first-order valence-corrected chi connectivity index (χ1v) is 9.89. The molecule has 28 heavy (non-hydrogen) atoms. The maximum Gasteiger partial charge on any atom is 0.119 e. The van der Waals surface area contributed by atoms with Gasteiger partial charge in [-0.05, 0) is 59.4 Å². The van der Waals surface area contributed by atoms with Crippen LogP contribution in [0.4, 0.5) is 0 Å². The fourth-order valence-corrected chi connectivity index (χ4v) is 2.44. The van der Waals surface area contributed by atoms with Crippen LogP contribution in [0.25, 0.3) is 24.3 Å². The minimum Gasteiger partial charge on any atom is -0.508 e. The molecule has 0 aliphatic heterocycles. The summed E-state index contributed by atoms with van der Waals surface area (Å²) in [6, 6.07) is 7.55. The summed E-state index contributed by atoms with van der Waals surface area (Å²) in [7, 11) is 0. The van der Waals surface area contributed by atoms with Gasteiger partial charge in [0.05, 0.1) is 5.02 Å². The lowest BCUT2D eigenvalue weighted by molar-refractivity contribution is 0.471. The fourth-order valence-electron chi connectivity index (χ4n) is 2.19. The van der Waals surface area contributed by atoms with E-state index >= 15 is 0 Å². The predicted octanol–water partition coefficient (Wildman–Crippen LogP) is 8.97. The van der Waals surface area contributed by atoms with Crippen molar-refractivity contribution in [2.75, 3.05) is 0 Å². The van der Waals surface area contributed by atoms with E-state index < -0.39 is 0 Å².